The molecule has 142 valence electrons. The van der Waals surface area contributed by atoms with E-state index in [1.54, 1.807) is 30.3 Å². The standard InChI is InChI=1S/C20H21ClN2O4/c1-12-4-9-17(10-13(12)2)23-18(24)11-27-20(26)14(3)22-19(25)15-5-7-16(21)8-6-15/h4-10,14H,11H2,1-3H3,(H,22,25)(H,23,24)/t14-/m0/s1. The molecule has 0 saturated carbocycles. The van der Waals surface area contributed by atoms with Gasteiger partial charge in [-0.25, -0.2) is 4.79 Å². The maximum absolute atomic E-state index is 12.1. The number of anilines is 1. The summed E-state index contributed by atoms with van der Waals surface area (Å²) < 4.78 is 4.96. The topological polar surface area (TPSA) is 84.5 Å². The van der Waals surface area contributed by atoms with Gasteiger partial charge < -0.3 is 15.4 Å². The molecule has 0 bridgehead atoms. The Bertz CT molecular complexity index is 850. The normalized spacial score (nSPS) is 11.4. The molecule has 0 aliphatic carbocycles. The van der Waals surface area contributed by atoms with Gasteiger partial charge in [-0.2, -0.15) is 0 Å². The lowest BCUT2D eigenvalue weighted by Crippen LogP contribution is -2.40. The third-order valence-electron chi connectivity index (χ3n) is 3.94. The van der Waals surface area contributed by atoms with Crippen molar-refractivity contribution in [2.45, 2.75) is 26.8 Å². The van der Waals surface area contributed by atoms with E-state index in [9.17, 15) is 14.4 Å². The van der Waals surface area contributed by atoms with Gasteiger partial charge in [0.1, 0.15) is 6.04 Å². The van der Waals surface area contributed by atoms with Crippen LogP contribution in [0.25, 0.3) is 0 Å². The SMILES string of the molecule is Cc1ccc(NC(=O)COC(=O)[C@H](C)NC(=O)c2ccc(Cl)cc2)cc1C. The number of hydrogen-bond donors (Lipinski definition) is 2. The van der Waals surface area contributed by atoms with Crippen LogP contribution >= 0.6 is 11.6 Å². The minimum Gasteiger partial charge on any atom is -0.454 e. The first-order valence-electron chi connectivity index (χ1n) is 8.36. The van der Waals surface area contributed by atoms with Crippen LogP contribution in [0.3, 0.4) is 0 Å². The van der Waals surface area contributed by atoms with Gasteiger partial charge in [-0.3, -0.25) is 9.59 Å². The summed E-state index contributed by atoms with van der Waals surface area (Å²) >= 11 is 5.77. The van der Waals surface area contributed by atoms with E-state index >= 15 is 0 Å². The van der Waals surface area contributed by atoms with Crippen LogP contribution in [0.5, 0.6) is 0 Å². The van der Waals surface area contributed by atoms with Crippen LogP contribution in [0.1, 0.15) is 28.4 Å². The summed E-state index contributed by atoms with van der Waals surface area (Å²) in [5.74, 6) is -1.59. The minimum absolute atomic E-state index is 0.367. The lowest BCUT2D eigenvalue weighted by molar-refractivity contribution is -0.148. The number of benzene rings is 2. The van der Waals surface area contributed by atoms with Crippen molar-refractivity contribution in [3.8, 4) is 0 Å². The number of carbonyl (C=O) groups is 3. The van der Waals surface area contributed by atoms with E-state index in [0.29, 0.717) is 16.3 Å². The summed E-state index contributed by atoms with van der Waals surface area (Å²) in [5.41, 5.74) is 3.16. The molecule has 0 fully saturated rings. The summed E-state index contributed by atoms with van der Waals surface area (Å²) in [5, 5.41) is 5.68. The second kappa shape index (κ2) is 9.19. The largest absolute Gasteiger partial charge is 0.454 e. The molecule has 2 rings (SSSR count). The Labute approximate surface area is 162 Å². The summed E-state index contributed by atoms with van der Waals surface area (Å²) in [4.78, 5) is 36.0. The monoisotopic (exact) mass is 388 g/mol. The molecule has 0 aromatic heterocycles. The Morgan fingerprint density at radius 2 is 1.70 bits per heavy atom. The first kappa shape index (κ1) is 20.5. The highest BCUT2D eigenvalue weighted by Crippen LogP contribution is 2.14. The van der Waals surface area contributed by atoms with Gasteiger partial charge in [0, 0.05) is 16.3 Å². The first-order chi connectivity index (χ1) is 12.8. The second-order valence-electron chi connectivity index (χ2n) is 6.16. The molecule has 2 amide bonds. The van der Waals surface area contributed by atoms with E-state index in [1.165, 1.54) is 6.92 Å². The number of halogens is 1. The summed E-state index contributed by atoms with van der Waals surface area (Å²) in [6.45, 7) is 4.96. The average Bonchev–Trinajstić information content (AvgIpc) is 2.63. The molecular weight excluding hydrogens is 368 g/mol. The van der Waals surface area contributed by atoms with Crippen molar-refractivity contribution in [1.29, 1.82) is 0 Å². The van der Waals surface area contributed by atoms with E-state index < -0.39 is 30.4 Å². The summed E-state index contributed by atoms with van der Waals surface area (Å²) in [6.07, 6.45) is 0. The fraction of sp³-hybridized carbons (Fsp3) is 0.250. The van der Waals surface area contributed by atoms with Crippen LogP contribution in [0.2, 0.25) is 5.02 Å². The molecule has 0 aliphatic rings. The Morgan fingerprint density at radius 3 is 2.33 bits per heavy atom. The molecule has 6 nitrogen and oxygen atoms in total. The number of amides is 2. The van der Waals surface area contributed by atoms with E-state index in [2.05, 4.69) is 10.6 Å². The zero-order chi connectivity index (χ0) is 20.0. The number of ether oxygens (including phenoxy) is 1. The number of esters is 1. The number of hydrogen-bond acceptors (Lipinski definition) is 4. The van der Waals surface area contributed by atoms with Crippen molar-refractivity contribution in [1.82, 2.24) is 5.32 Å². The highest BCUT2D eigenvalue weighted by molar-refractivity contribution is 6.30. The van der Waals surface area contributed by atoms with Gasteiger partial charge in [-0.15, -0.1) is 0 Å². The zero-order valence-corrected chi connectivity index (χ0v) is 16.1. The van der Waals surface area contributed by atoms with Crippen LogP contribution in [-0.2, 0) is 14.3 Å². The van der Waals surface area contributed by atoms with Crippen LogP contribution in [0, 0.1) is 13.8 Å². The number of rotatable bonds is 6. The van der Waals surface area contributed by atoms with Crippen molar-refractivity contribution in [3.63, 3.8) is 0 Å². The van der Waals surface area contributed by atoms with Gasteiger partial charge in [0.25, 0.3) is 11.8 Å². The van der Waals surface area contributed by atoms with Crippen molar-refractivity contribution >= 4 is 35.1 Å². The van der Waals surface area contributed by atoms with Gasteiger partial charge in [0.05, 0.1) is 0 Å². The smallest absolute Gasteiger partial charge is 0.328 e. The third-order valence-corrected chi connectivity index (χ3v) is 4.20. The van der Waals surface area contributed by atoms with Crippen molar-refractivity contribution in [2.75, 3.05) is 11.9 Å². The molecule has 0 radical (unpaired) electrons. The van der Waals surface area contributed by atoms with Crippen LogP contribution in [-0.4, -0.2) is 30.4 Å². The predicted octanol–water partition coefficient (Wildman–Crippen LogP) is 3.26. The molecule has 0 spiro atoms. The molecule has 1 atom stereocenters. The highest BCUT2D eigenvalue weighted by Gasteiger charge is 2.19. The maximum Gasteiger partial charge on any atom is 0.328 e. The third kappa shape index (κ3) is 6.11. The number of carbonyl (C=O) groups excluding carboxylic acids is 3. The minimum atomic E-state index is -0.900. The highest BCUT2D eigenvalue weighted by atomic mass is 35.5. The van der Waals surface area contributed by atoms with Crippen molar-refractivity contribution in [3.05, 3.63) is 64.2 Å². The Balaban J connectivity index is 1.81. The van der Waals surface area contributed by atoms with Crippen LogP contribution < -0.4 is 10.6 Å². The van der Waals surface area contributed by atoms with Gasteiger partial charge in [-0.1, -0.05) is 17.7 Å². The fourth-order valence-corrected chi connectivity index (χ4v) is 2.34. The molecule has 0 heterocycles. The van der Waals surface area contributed by atoms with E-state index in [1.807, 2.05) is 26.0 Å². The molecule has 0 unspecified atom stereocenters. The van der Waals surface area contributed by atoms with Gasteiger partial charge in [0.15, 0.2) is 6.61 Å². The number of aryl methyl sites for hydroxylation is 2. The molecule has 27 heavy (non-hydrogen) atoms. The van der Waals surface area contributed by atoms with Gasteiger partial charge >= 0.3 is 5.97 Å². The lowest BCUT2D eigenvalue weighted by Gasteiger charge is -2.14. The summed E-state index contributed by atoms with van der Waals surface area (Å²) in [7, 11) is 0. The Hall–Kier alpha value is -2.86. The fourth-order valence-electron chi connectivity index (χ4n) is 2.22. The predicted molar refractivity (Wildman–Crippen MR) is 104 cm³/mol. The van der Waals surface area contributed by atoms with Crippen LogP contribution in [0.4, 0.5) is 5.69 Å². The average molecular weight is 389 g/mol. The van der Waals surface area contributed by atoms with Crippen molar-refractivity contribution < 1.29 is 19.1 Å². The van der Waals surface area contributed by atoms with Gasteiger partial charge in [0.2, 0.25) is 0 Å². The maximum atomic E-state index is 12.1. The van der Waals surface area contributed by atoms with E-state index in [-0.39, 0.29) is 0 Å². The molecule has 7 heteroatoms. The first-order valence-corrected chi connectivity index (χ1v) is 8.74. The van der Waals surface area contributed by atoms with E-state index in [0.717, 1.165) is 11.1 Å². The molecule has 2 N–H and O–H groups in total. The van der Waals surface area contributed by atoms with Gasteiger partial charge in [-0.05, 0) is 68.3 Å². The quantitative estimate of drug-likeness (QED) is 0.744. The number of nitrogens with one attached hydrogen (secondary N) is 2. The molecule has 2 aromatic carbocycles. The molecular formula is C20H21ClN2O4. The molecule has 0 saturated heterocycles. The molecule has 2 aromatic rings. The second-order valence-corrected chi connectivity index (χ2v) is 6.59. The lowest BCUT2D eigenvalue weighted by atomic mass is 10.1. The Kier molecular flexibility index (Phi) is 6.96. The molecule has 0 aliphatic heterocycles. The van der Waals surface area contributed by atoms with Crippen LogP contribution in [0.15, 0.2) is 42.5 Å². The Morgan fingerprint density at radius 1 is 1.04 bits per heavy atom. The zero-order valence-electron chi connectivity index (χ0n) is 15.3. The van der Waals surface area contributed by atoms with E-state index in [4.69, 9.17) is 16.3 Å². The van der Waals surface area contributed by atoms with Crippen molar-refractivity contribution in [2.24, 2.45) is 0 Å². The summed E-state index contributed by atoms with van der Waals surface area (Å²) in [6, 6.07) is 10.9.